The van der Waals surface area contributed by atoms with Crippen molar-refractivity contribution in [3.63, 3.8) is 0 Å². The molecule has 0 radical (unpaired) electrons. The van der Waals surface area contributed by atoms with E-state index in [1.54, 1.807) is 44.2 Å². The van der Waals surface area contributed by atoms with Crippen LogP contribution in [0.5, 0.6) is 0 Å². The van der Waals surface area contributed by atoms with Gasteiger partial charge in [0.15, 0.2) is 0 Å². The lowest BCUT2D eigenvalue weighted by Crippen LogP contribution is -2.60. The number of hydrogen-bond donors (Lipinski definition) is 8. The molecule has 1 fully saturated rings. The van der Waals surface area contributed by atoms with Gasteiger partial charge >= 0.3 is 5.97 Å². The summed E-state index contributed by atoms with van der Waals surface area (Å²) in [6.07, 6.45) is 4.10. The predicted molar refractivity (Wildman–Crippen MR) is 186 cm³/mol. The fraction of sp³-hybridized carbons (Fsp3) is 0.636. The third kappa shape index (κ3) is 13.2. The van der Waals surface area contributed by atoms with Crippen LogP contribution >= 0.6 is 11.8 Å². The number of aliphatic hydroxyl groups is 1. The van der Waals surface area contributed by atoms with Crippen LogP contribution in [0.15, 0.2) is 30.3 Å². The fourth-order valence-corrected chi connectivity index (χ4v) is 5.86. The van der Waals surface area contributed by atoms with Gasteiger partial charge in [-0.3, -0.25) is 24.0 Å². The number of carbonyl (C=O) groups excluding carboxylic acids is 5. The monoisotopic (exact) mass is 707 g/mol. The zero-order chi connectivity index (χ0) is 36.5. The normalized spacial score (nSPS) is 17.4. The number of nitrogens with one attached hydrogen (secondary N) is 4. The molecule has 0 unspecified atom stereocenters. The highest BCUT2D eigenvalue weighted by atomic mass is 32.2. The molecule has 0 aliphatic carbocycles. The zero-order valence-electron chi connectivity index (χ0n) is 28.6. The number of benzene rings is 1. The Balaban J connectivity index is 2.16. The summed E-state index contributed by atoms with van der Waals surface area (Å²) in [4.78, 5) is 79.6. The first-order chi connectivity index (χ1) is 23.3. The lowest BCUT2D eigenvalue weighted by Gasteiger charge is -2.30. The topological polar surface area (TPSA) is 246 Å². The smallest absolute Gasteiger partial charge is 0.326 e. The number of carboxylic acids is 1. The second kappa shape index (κ2) is 21.4. The molecule has 1 saturated heterocycles. The molecule has 1 heterocycles. The Hall–Kier alpha value is -3.73. The van der Waals surface area contributed by atoms with Crippen molar-refractivity contribution in [3.05, 3.63) is 35.9 Å². The van der Waals surface area contributed by atoms with Gasteiger partial charge in [-0.25, -0.2) is 4.79 Å². The molecule has 1 aromatic carbocycles. The maximum absolute atomic E-state index is 13.6. The number of nitrogens with zero attached hydrogens (tertiary/aromatic N) is 1. The van der Waals surface area contributed by atoms with Gasteiger partial charge in [-0.1, -0.05) is 44.2 Å². The highest BCUT2D eigenvalue weighted by Crippen LogP contribution is 2.19. The van der Waals surface area contributed by atoms with E-state index in [0.717, 1.165) is 0 Å². The first-order valence-electron chi connectivity index (χ1n) is 16.7. The number of likely N-dealkylation sites (tertiary alicyclic amines) is 1. The predicted octanol–water partition coefficient (Wildman–Crippen LogP) is -0.898. The van der Waals surface area contributed by atoms with E-state index in [2.05, 4.69) is 21.3 Å². The number of aliphatic hydroxyl groups excluding tert-OH is 1. The third-order valence-electron chi connectivity index (χ3n) is 8.38. The van der Waals surface area contributed by atoms with Gasteiger partial charge in [0.2, 0.25) is 29.5 Å². The van der Waals surface area contributed by atoms with Crippen molar-refractivity contribution in [1.29, 1.82) is 0 Å². The van der Waals surface area contributed by atoms with Gasteiger partial charge in [0.05, 0.1) is 12.6 Å². The Morgan fingerprint density at radius 3 is 2.08 bits per heavy atom. The number of thioether (sulfide) groups is 1. The van der Waals surface area contributed by atoms with Gasteiger partial charge in [0.25, 0.3) is 0 Å². The minimum atomic E-state index is -1.44. The van der Waals surface area contributed by atoms with Crippen LogP contribution in [0.1, 0.15) is 57.9 Å². The number of aliphatic carboxylic acids is 1. The van der Waals surface area contributed by atoms with E-state index in [1.807, 2.05) is 6.26 Å². The SMILES string of the molecule is CSCC[C@H](NC(=O)[C@@H](N)C(C)C)C(=O)N[C@@H](CCCCN)C(=O)N[C@@H](CO)C(=O)N1CCC[C@H]1C(=O)N[C@@H](Cc1ccccc1)C(=O)O. The van der Waals surface area contributed by atoms with Crippen LogP contribution in [0.2, 0.25) is 0 Å². The minimum absolute atomic E-state index is 0.0432. The molecule has 0 aromatic heterocycles. The number of amides is 5. The summed E-state index contributed by atoms with van der Waals surface area (Å²) in [5, 5.41) is 30.3. The molecule has 1 aromatic rings. The minimum Gasteiger partial charge on any atom is -0.480 e. The highest BCUT2D eigenvalue weighted by Gasteiger charge is 2.39. The van der Waals surface area contributed by atoms with Crippen LogP contribution in [-0.4, -0.2) is 119 Å². The van der Waals surface area contributed by atoms with Gasteiger partial charge in [-0.05, 0) is 68.6 Å². The summed E-state index contributed by atoms with van der Waals surface area (Å²) in [6, 6.07) is 2.20. The number of unbranched alkanes of at least 4 members (excludes halogenated alkanes) is 1. The van der Waals surface area contributed by atoms with Crippen molar-refractivity contribution < 1.29 is 39.0 Å². The van der Waals surface area contributed by atoms with Crippen molar-refractivity contribution >= 4 is 47.3 Å². The van der Waals surface area contributed by atoms with Crippen LogP contribution in [0.25, 0.3) is 0 Å². The van der Waals surface area contributed by atoms with E-state index in [-0.39, 0.29) is 38.1 Å². The van der Waals surface area contributed by atoms with E-state index >= 15 is 0 Å². The Bertz CT molecular complexity index is 1250. The van der Waals surface area contributed by atoms with E-state index in [9.17, 15) is 39.0 Å². The number of carbonyl (C=O) groups is 6. The molecule has 10 N–H and O–H groups in total. The molecule has 6 atom stereocenters. The molecule has 0 bridgehead atoms. The summed E-state index contributed by atoms with van der Waals surface area (Å²) < 4.78 is 0. The second-order valence-electron chi connectivity index (χ2n) is 12.5. The number of carboxylic acid groups (broad SMARTS) is 1. The lowest BCUT2D eigenvalue weighted by atomic mass is 10.0. The van der Waals surface area contributed by atoms with Crippen molar-refractivity contribution in [2.75, 3.05) is 31.7 Å². The van der Waals surface area contributed by atoms with E-state index in [4.69, 9.17) is 11.5 Å². The molecule has 49 heavy (non-hydrogen) atoms. The Kier molecular flexibility index (Phi) is 18.1. The van der Waals surface area contributed by atoms with E-state index < -0.39 is 78.4 Å². The summed E-state index contributed by atoms with van der Waals surface area (Å²) in [5.41, 5.74) is 12.3. The average molecular weight is 708 g/mol. The summed E-state index contributed by atoms with van der Waals surface area (Å²) in [6.45, 7) is 3.29. The maximum Gasteiger partial charge on any atom is 0.326 e. The zero-order valence-corrected chi connectivity index (χ0v) is 29.4. The van der Waals surface area contributed by atoms with Crippen LogP contribution < -0.4 is 32.7 Å². The third-order valence-corrected chi connectivity index (χ3v) is 9.02. The number of rotatable bonds is 21. The molecule has 274 valence electrons. The number of hydrogen-bond acceptors (Lipinski definition) is 10. The molecule has 15 nitrogen and oxygen atoms in total. The lowest BCUT2D eigenvalue weighted by molar-refractivity contribution is -0.145. The van der Waals surface area contributed by atoms with Crippen molar-refractivity contribution in [1.82, 2.24) is 26.2 Å². The molecule has 1 aliphatic rings. The molecule has 16 heteroatoms. The van der Waals surface area contributed by atoms with Crippen LogP contribution in [0.4, 0.5) is 0 Å². The van der Waals surface area contributed by atoms with Gasteiger partial charge in [0, 0.05) is 13.0 Å². The van der Waals surface area contributed by atoms with Gasteiger partial charge in [-0.2, -0.15) is 11.8 Å². The molecular formula is C33H53N7O8S. The summed E-state index contributed by atoms with van der Waals surface area (Å²) in [7, 11) is 0. The van der Waals surface area contributed by atoms with Crippen LogP contribution in [0.3, 0.4) is 0 Å². The molecule has 0 saturated carbocycles. The first-order valence-corrected chi connectivity index (χ1v) is 18.1. The molecule has 0 spiro atoms. The molecule has 2 rings (SSSR count). The Morgan fingerprint density at radius 2 is 1.51 bits per heavy atom. The van der Waals surface area contributed by atoms with E-state index in [0.29, 0.717) is 37.1 Å². The maximum atomic E-state index is 13.6. The van der Waals surface area contributed by atoms with Gasteiger partial charge in [-0.15, -0.1) is 0 Å². The van der Waals surface area contributed by atoms with Crippen molar-refractivity contribution in [2.45, 2.75) is 95.0 Å². The summed E-state index contributed by atoms with van der Waals surface area (Å²) >= 11 is 1.48. The van der Waals surface area contributed by atoms with Gasteiger partial charge < -0.3 is 47.8 Å². The second-order valence-corrected chi connectivity index (χ2v) is 13.5. The van der Waals surface area contributed by atoms with Crippen molar-refractivity contribution in [3.8, 4) is 0 Å². The van der Waals surface area contributed by atoms with Crippen LogP contribution in [-0.2, 0) is 35.2 Å². The van der Waals surface area contributed by atoms with Crippen molar-refractivity contribution in [2.24, 2.45) is 17.4 Å². The first kappa shape index (κ1) is 41.4. The summed E-state index contributed by atoms with van der Waals surface area (Å²) in [5.74, 6) is -4.05. The van der Waals surface area contributed by atoms with Gasteiger partial charge in [0.1, 0.15) is 30.2 Å². The Morgan fingerprint density at radius 1 is 0.898 bits per heavy atom. The van der Waals surface area contributed by atoms with E-state index in [1.165, 1.54) is 16.7 Å². The fourth-order valence-electron chi connectivity index (χ4n) is 5.39. The quantitative estimate of drug-likeness (QED) is 0.0728. The molecule has 1 aliphatic heterocycles. The molecular weight excluding hydrogens is 654 g/mol. The average Bonchev–Trinajstić information content (AvgIpc) is 3.58. The Labute approximate surface area is 292 Å². The van der Waals surface area contributed by atoms with Crippen LogP contribution in [0, 0.1) is 5.92 Å². The molecule has 5 amide bonds. The highest BCUT2D eigenvalue weighted by molar-refractivity contribution is 7.98. The standard InChI is InChI=1S/C33H53N7O8S/c1-20(2)27(35)31(45)37-23(14-17-49-3)29(43)36-22(12-7-8-15-34)28(42)39-25(19-41)32(46)40-16-9-13-26(40)30(44)38-24(33(47)48)18-21-10-5-4-6-11-21/h4-6,10-11,20,22-27,41H,7-9,12-19,34-35H2,1-3H3,(H,36,43)(H,37,45)(H,38,44)(H,39,42)(H,47,48)/t22-,23-,24-,25-,26-,27-/m0/s1. The largest absolute Gasteiger partial charge is 0.480 e. The number of nitrogens with two attached hydrogens (primary N) is 2.